The summed E-state index contributed by atoms with van der Waals surface area (Å²) in [5.41, 5.74) is -0.239. The first kappa shape index (κ1) is 40.0. The maximum absolute atomic E-state index is 13.0. The summed E-state index contributed by atoms with van der Waals surface area (Å²) in [4.78, 5) is 13.0. The maximum Gasteiger partial charge on any atom is 0.310 e. The zero-order chi connectivity index (χ0) is 38.7. The lowest BCUT2D eigenvalue weighted by atomic mass is 9.33. The molecule has 18 atom stereocenters. The van der Waals surface area contributed by atoms with E-state index in [9.17, 15) is 40.5 Å². The van der Waals surface area contributed by atoms with Crippen LogP contribution in [-0.2, 0) is 23.7 Å². The van der Waals surface area contributed by atoms with Gasteiger partial charge in [0.2, 0.25) is 0 Å². The Morgan fingerprint density at radius 2 is 1.53 bits per heavy atom. The molecule has 7 rings (SSSR count). The monoisotopic (exact) mass is 750 g/mol. The summed E-state index contributed by atoms with van der Waals surface area (Å²) < 4.78 is 24.3. The van der Waals surface area contributed by atoms with Crippen LogP contribution in [-0.4, -0.2) is 116 Å². The van der Waals surface area contributed by atoms with Gasteiger partial charge < -0.3 is 54.7 Å². The molecule has 0 aromatic heterocycles. The number of carbonyl (C=O) groups is 1. The quantitative estimate of drug-likeness (QED) is 0.155. The molecule has 4 saturated carbocycles. The fourth-order valence-electron chi connectivity index (χ4n) is 13.3. The molecule has 7 N–H and O–H groups in total. The van der Waals surface area contributed by atoms with E-state index in [1.807, 2.05) is 0 Å². The van der Waals surface area contributed by atoms with Gasteiger partial charge in [-0.2, -0.15) is 0 Å². The third kappa shape index (κ3) is 5.85. The summed E-state index contributed by atoms with van der Waals surface area (Å²) in [6.07, 6.45) is -1.79. The van der Waals surface area contributed by atoms with Gasteiger partial charge in [-0.3, -0.25) is 4.79 Å². The van der Waals surface area contributed by atoms with E-state index in [0.717, 1.165) is 51.4 Å². The van der Waals surface area contributed by atoms with Gasteiger partial charge in [-0.05, 0) is 111 Å². The standard InChI is InChI=1S/C41H66O12/c1-21-28(44)30(46)31(47)33(51-21)53-32-29(45)24(43)19-50-34(32)52-27-11-12-37(4)25(38(27,5)20-42)10-13-40(7)26(37)9-8-22-23-18-36(2,3)14-16-41(23,35(48)49)17-15-39(22,40)6/h8,21,23-34,42-47H,9-20H2,1-7H3,(H,48,49)/t21-,23?,24-,25?,26?,27-,28-,29-,30+,31+,32+,33?,34?,37-,38-,39+,40+,41-/m0/s1. The molecular weight excluding hydrogens is 684 g/mol. The first-order valence-corrected chi connectivity index (χ1v) is 20.2. The summed E-state index contributed by atoms with van der Waals surface area (Å²) in [6.45, 7) is 15.1. The van der Waals surface area contributed by atoms with E-state index in [0.29, 0.717) is 18.8 Å². The van der Waals surface area contributed by atoms with Crippen molar-refractivity contribution >= 4 is 5.97 Å². The number of fused-ring (bicyclic) bond motifs is 7. The van der Waals surface area contributed by atoms with Crippen molar-refractivity contribution in [3.8, 4) is 0 Å². The van der Waals surface area contributed by atoms with Gasteiger partial charge in [0.25, 0.3) is 0 Å². The molecule has 0 aromatic rings. The van der Waals surface area contributed by atoms with Crippen molar-refractivity contribution < 1.29 is 59.5 Å². The number of rotatable bonds is 6. The van der Waals surface area contributed by atoms with E-state index >= 15 is 0 Å². The first-order chi connectivity index (χ1) is 24.7. The van der Waals surface area contributed by atoms with Crippen LogP contribution in [0.25, 0.3) is 0 Å². The zero-order valence-electron chi connectivity index (χ0n) is 32.7. The predicted molar refractivity (Wildman–Crippen MR) is 192 cm³/mol. The lowest BCUT2D eigenvalue weighted by molar-refractivity contribution is -0.365. The van der Waals surface area contributed by atoms with Crippen molar-refractivity contribution in [1.82, 2.24) is 0 Å². The van der Waals surface area contributed by atoms with Crippen LogP contribution >= 0.6 is 0 Å². The van der Waals surface area contributed by atoms with Gasteiger partial charge >= 0.3 is 5.97 Å². The van der Waals surface area contributed by atoms with Gasteiger partial charge in [-0.15, -0.1) is 0 Å². The van der Waals surface area contributed by atoms with E-state index in [1.165, 1.54) is 12.5 Å². The van der Waals surface area contributed by atoms with E-state index in [1.54, 1.807) is 0 Å². The number of aliphatic hydroxyl groups excluding tert-OH is 6. The average molecular weight is 751 g/mol. The van der Waals surface area contributed by atoms with E-state index < -0.39 is 78.2 Å². The van der Waals surface area contributed by atoms with E-state index in [4.69, 9.17) is 18.9 Å². The molecule has 12 heteroatoms. The van der Waals surface area contributed by atoms with Gasteiger partial charge in [-0.1, -0.05) is 53.2 Å². The molecule has 5 aliphatic carbocycles. The molecular formula is C41H66O12. The second-order valence-corrected chi connectivity index (χ2v) is 20.0. The number of aliphatic hydroxyl groups is 6. The second-order valence-electron chi connectivity index (χ2n) is 20.0. The van der Waals surface area contributed by atoms with Crippen LogP contribution in [0.4, 0.5) is 0 Å². The van der Waals surface area contributed by atoms with Gasteiger partial charge in [0.05, 0.1) is 30.8 Å². The van der Waals surface area contributed by atoms with Gasteiger partial charge in [0.15, 0.2) is 12.6 Å². The topological polar surface area (TPSA) is 196 Å². The smallest absolute Gasteiger partial charge is 0.310 e. The number of hydrogen-bond acceptors (Lipinski definition) is 11. The molecule has 7 aliphatic rings. The summed E-state index contributed by atoms with van der Waals surface area (Å²) in [6, 6.07) is 0. The highest BCUT2D eigenvalue weighted by molar-refractivity contribution is 5.76. The second kappa shape index (κ2) is 13.5. The molecule has 0 spiro atoms. The lowest BCUT2D eigenvalue weighted by Gasteiger charge is -2.71. The zero-order valence-corrected chi connectivity index (χ0v) is 32.7. The Morgan fingerprint density at radius 1 is 0.830 bits per heavy atom. The molecule has 2 heterocycles. The van der Waals surface area contributed by atoms with Gasteiger partial charge in [-0.25, -0.2) is 0 Å². The van der Waals surface area contributed by atoms with Crippen LogP contribution in [0.5, 0.6) is 0 Å². The number of aliphatic carboxylic acids is 1. The minimum atomic E-state index is -1.62. The minimum absolute atomic E-state index is 0.0360. The Labute approximate surface area is 314 Å². The SMILES string of the molecule is C[C@@H]1OC(O[C@H]2C(O[C@H]3CC[C@@]4(C)C(CC[C@]5(C)C4CC=C4C6CC(C)(C)CC[C@]6(C(=O)O)CC[C@]45C)[C@]3(C)CO)OC[C@H](O)[C@@H]2O)[C@H](O)[C@H](O)[C@H]1O. The molecule has 53 heavy (non-hydrogen) atoms. The van der Waals surface area contributed by atoms with Crippen LogP contribution < -0.4 is 0 Å². The third-order valence-electron chi connectivity index (χ3n) is 17.0. The first-order valence-electron chi connectivity index (χ1n) is 20.2. The molecule has 2 saturated heterocycles. The molecule has 0 amide bonds. The Hall–Kier alpha value is -1.19. The number of carboxylic acids is 1. The average Bonchev–Trinajstić information content (AvgIpc) is 3.10. The highest BCUT2D eigenvalue weighted by atomic mass is 16.8. The molecule has 2 aliphatic heterocycles. The van der Waals surface area contributed by atoms with Crippen molar-refractivity contribution in [2.45, 2.75) is 174 Å². The van der Waals surface area contributed by atoms with Crippen LogP contribution in [0.3, 0.4) is 0 Å². The van der Waals surface area contributed by atoms with Gasteiger partial charge in [0, 0.05) is 5.41 Å². The summed E-state index contributed by atoms with van der Waals surface area (Å²) >= 11 is 0. The molecule has 6 fully saturated rings. The van der Waals surface area contributed by atoms with Crippen LogP contribution in [0, 0.1) is 50.2 Å². The fraction of sp³-hybridized carbons (Fsp3) is 0.927. The largest absolute Gasteiger partial charge is 0.481 e. The Morgan fingerprint density at radius 3 is 2.21 bits per heavy atom. The summed E-state index contributed by atoms with van der Waals surface area (Å²) in [7, 11) is 0. The predicted octanol–water partition coefficient (Wildman–Crippen LogP) is 3.52. The number of carboxylic acid groups (broad SMARTS) is 1. The highest BCUT2D eigenvalue weighted by Gasteiger charge is 2.70. The minimum Gasteiger partial charge on any atom is -0.481 e. The fourth-order valence-corrected chi connectivity index (χ4v) is 13.3. The van der Waals surface area contributed by atoms with Crippen molar-refractivity contribution in [2.75, 3.05) is 13.2 Å². The Bertz CT molecular complexity index is 1440. The van der Waals surface area contributed by atoms with Crippen LogP contribution in [0.2, 0.25) is 0 Å². The van der Waals surface area contributed by atoms with Crippen molar-refractivity contribution in [1.29, 1.82) is 0 Å². The van der Waals surface area contributed by atoms with E-state index in [-0.39, 0.29) is 46.7 Å². The van der Waals surface area contributed by atoms with E-state index in [2.05, 4.69) is 47.6 Å². The lowest BCUT2D eigenvalue weighted by Crippen LogP contribution is -2.67. The van der Waals surface area contributed by atoms with Crippen molar-refractivity contribution in [3.63, 3.8) is 0 Å². The van der Waals surface area contributed by atoms with Gasteiger partial charge in [0.1, 0.15) is 36.6 Å². The van der Waals surface area contributed by atoms with Crippen molar-refractivity contribution in [3.05, 3.63) is 11.6 Å². The summed E-state index contributed by atoms with van der Waals surface area (Å²) in [5, 5.41) is 74.9. The van der Waals surface area contributed by atoms with Crippen molar-refractivity contribution in [2.24, 2.45) is 50.2 Å². The third-order valence-corrected chi connectivity index (χ3v) is 17.0. The Balaban J connectivity index is 1.15. The number of allylic oxidation sites excluding steroid dienone is 2. The maximum atomic E-state index is 13.0. The molecule has 5 unspecified atom stereocenters. The Kier molecular flexibility index (Phi) is 10.2. The molecule has 0 bridgehead atoms. The normalized spacial score (nSPS) is 55.1. The molecule has 12 nitrogen and oxygen atoms in total. The summed E-state index contributed by atoms with van der Waals surface area (Å²) in [5.74, 6) is -0.194. The van der Waals surface area contributed by atoms with Crippen LogP contribution in [0.15, 0.2) is 11.6 Å². The highest BCUT2D eigenvalue weighted by Crippen LogP contribution is 2.76. The molecule has 0 radical (unpaired) electrons. The molecule has 302 valence electrons. The van der Waals surface area contributed by atoms with Crippen LogP contribution in [0.1, 0.15) is 113 Å². The number of ether oxygens (including phenoxy) is 4. The molecule has 0 aromatic carbocycles. The number of hydrogen-bond donors (Lipinski definition) is 7.